The third-order valence-corrected chi connectivity index (χ3v) is 4.27. The number of hydrogen-bond donors (Lipinski definition) is 2. The van der Waals surface area contributed by atoms with Crippen molar-refractivity contribution in [3.63, 3.8) is 0 Å². The molecule has 4 atom stereocenters. The minimum Gasteiger partial charge on any atom is -0.390 e. The van der Waals surface area contributed by atoms with Crippen molar-refractivity contribution in [3.05, 3.63) is 0 Å². The number of rotatable bonds is 5. The molecule has 0 saturated carbocycles. The second kappa shape index (κ2) is 5.39. The average Bonchev–Trinajstić information content (AvgIpc) is 2.53. The molecule has 2 N–H and O–H groups in total. The molecule has 4 heteroatoms. The summed E-state index contributed by atoms with van der Waals surface area (Å²) >= 11 is 0. The molecule has 18 heavy (non-hydrogen) atoms. The summed E-state index contributed by atoms with van der Waals surface area (Å²) in [4.78, 5) is 24.1. The van der Waals surface area contributed by atoms with Gasteiger partial charge in [0.25, 0.3) is 0 Å². The maximum absolute atomic E-state index is 12.0. The molecular weight excluding hydrogens is 230 g/mol. The van der Waals surface area contributed by atoms with Crippen molar-refractivity contribution in [2.75, 3.05) is 0 Å². The molecular formula is C14H25NO3. The Kier molecular flexibility index (Phi) is 4.54. The van der Waals surface area contributed by atoms with Crippen LogP contribution in [0.2, 0.25) is 0 Å². The van der Waals surface area contributed by atoms with Crippen LogP contribution in [0.15, 0.2) is 0 Å². The van der Waals surface area contributed by atoms with Crippen molar-refractivity contribution >= 4 is 11.7 Å². The van der Waals surface area contributed by atoms with Crippen LogP contribution in [0.1, 0.15) is 47.5 Å². The Bertz CT molecular complexity index is 340. The molecule has 1 amide bonds. The minimum atomic E-state index is -1.11. The Morgan fingerprint density at radius 1 is 1.50 bits per heavy atom. The Morgan fingerprint density at radius 2 is 2.06 bits per heavy atom. The lowest BCUT2D eigenvalue weighted by Crippen LogP contribution is -2.61. The quantitative estimate of drug-likeness (QED) is 0.782. The molecule has 1 fully saturated rings. The highest BCUT2D eigenvalue weighted by Crippen LogP contribution is 2.39. The first-order valence-electron chi connectivity index (χ1n) is 6.80. The van der Waals surface area contributed by atoms with Crippen LogP contribution in [-0.4, -0.2) is 28.4 Å². The van der Waals surface area contributed by atoms with E-state index in [1.165, 1.54) is 6.92 Å². The minimum absolute atomic E-state index is 0.0722. The van der Waals surface area contributed by atoms with E-state index in [2.05, 4.69) is 5.32 Å². The molecule has 1 aliphatic rings. The maximum atomic E-state index is 12.0. The number of nitrogens with one attached hydrogen (secondary N) is 1. The molecule has 4 nitrogen and oxygen atoms in total. The first kappa shape index (κ1) is 15.2. The van der Waals surface area contributed by atoms with Gasteiger partial charge in [0.05, 0.1) is 6.10 Å². The fraction of sp³-hybridized carbons (Fsp3) is 0.857. The van der Waals surface area contributed by atoms with E-state index < -0.39 is 11.6 Å². The number of hydrogen-bond acceptors (Lipinski definition) is 3. The smallest absolute Gasteiger partial charge is 0.224 e. The number of ketones is 1. The van der Waals surface area contributed by atoms with E-state index in [1.807, 2.05) is 27.7 Å². The topological polar surface area (TPSA) is 66.4 Å². The summed E-state index contributed by atoms with van der Waals surface area (Å²) in [6.45, 7) is 9.09. The van der Waals surface area contributed by atoms with Crippen molar-refractivity contribution in [1.29, 1.82) is 0 Å². The summed E-state index contributed by atoms with van der Waals surface area (Å²) in [7, 11) is 0. The second-order valence-corrected chi connectivity index (χ2v) is 5.79. The molecule has 0 aromatic rings. The van der Waals surface area contributed by atoms with Gasteiger partial charge in [-0.1, -0.05) is 34.1 Å². The molecule has 1 heterocycles. The van der Waals surface area contributed by atoms with Gasteiger partial charge in [0.15, 0.2) is 5.78 Å². The van der Waals surface area contributed by atoms with Gasteiger partial charge in [-0.2, -0.15) is 0 Å². The number of carbonyl (C=O) groups excluding carboxylic acids is 2. The van der Waals surface area contributed by atoms with Gasteiger partial charge in [0.1, 0.15) is 5.54 Å². The summed E-state index contributed by atoms with van der Waals surface area (Å²) in [5.74, 6) is -0.661. The second-order valence-electron chi connectivity index (χ2n) is 5.79. The van der Waals surface area contributed by atoms with Gasteiger partial charge in [0.2, 0.25) is 5.91 Å². The Hall–Kier alpha value is -0.900. The molecule has 1 saturated heterocycles. The largest absolute Gasteiger partial charge is 0.390 e. The van der Waals surface area contributed by atoms with E-state index in [1.54, 1.807) is 0 Å². The predicted octanol–water partition coefficient (Wildman–Crippen LogP) is 1.51. The van der Waals surface area contributed by atoms with Crippen LogP contribution >= 0.6 is 0 Å². The van der Waals surface area contributed by atoms with E-state index in [9.17, 15) is 14.7 Å². The zero-order valence-electron chi connectivity index (χ0n) is 12.0. The molecule has 0 aromatic carbocycles. The summed E-state index contributed by atoms with van der Waals surface area (Å²) in [6, 6.07) is 0. The van der Waals surface area contributed by atoms with Gasteiger partial charge in [-0.25, -0.2) is 0 Å². The van der Waals surface area contributed by atoms with E-state index in [0.29, 0.717) is 0 Å². The van der Waals surface area contributed by atoms with E-state index in [0.717, 1.165) is 12.8 Å². The zero-order chi connectivity index (χ0) is 14.1. The number of carbonyl (C=O) groups is 2. The van der Waals surface area contributed by atoms with Gasteiger partial charge in [-0.05, 0) is 19.3 Å². The van der Waals surface area contributed by atoms with E-state index >= 15 is 0 Å². The molecule has 0 aliphatic carbocycles. The summed E-state index contributed by atoms with van der Waals surface area (Å²) < 4.78 is 0. The number of amides is 1. The highest BCUT2D eigenvalue weighted by molar-refractivity contribution is 5.97. The molecule has 0 aromatic heterocycles. The monoisotopic (exact) mass is 255 g/mol. The third kappa shape index (κ3) is 2.18. The number of Topliss-reactive ketones (excluding diaryl/α,β-unsaturated/α-hetero) is 1. The van der Waals surface area contributed by atoms with E-state index in [4.69, 9.17) is 0 Å². The van der Waals surface area contributed by atoms with Crippen molar-refractivity contribution < 1.29 is 14.7 Å². The standard InChI is InChI=1S/C14H25NO3/c1-6-7-11-9(4)14(10(5)16,15-13(11)18)12(17)8(2)3/h8-9,11-12,17H,6-7H2,1-5H3,(H,15,18). The van der Waals surface area contributed by atoms with Crippen LogP contribution < -0.4 is 5.32 Å². The zero-order valence-corrected chi connectivity index (χ0v) is 12.0. The predicted molar refractivity (Wildman–Crippen MR) is 70.0 cm³/mol. The maximum Gasteiger partial charge on any atom is 0.224 e. The van der Waals surface area contributed by atoms with Crippen molar-refractivity contribution in [1.82, 2.24) is 5.32 Å². The molecule has 0 radical (unpaired) electrons. The van der Waals surface area contributed by atoms with E-state index in [-0.39, 0.29) is 29.4 Å². The van der Waals surface area contributed by atoms with Crippen LogP contribution in [0, 0.1) is 17.8 Å². The van der Waals surface area contributed by atoms with Crippen molar-refractivity contribution in [2.24, 2.45) is 17.8 Å². The first-order chi connectivity index (χ1) is 8.28. The molecule has 104 valence electrons. The van der Waals surface area contributed by atoms with Gasteiger partial charge in [-0.15, -0.1) is 0 Å². The summed E-state index contributed by atoms with van der Waals surface area (Å²) in [5, 5.41) is 13.2. The first-order valence-corrected chi connectivity index (χ1v) is 6.80. The number of aliphatic hydroxyl groups is 1. The lowest BCUT2D eigenvalue weighted by molar-refractivity contribution is -0.134. The molecule has 0 spiro atoms. The normalized spacial score (nSPS) is 33.6. The van der Waals surface area contributed by atoms with Crippen LogP contribution in [0.25, 0.3) is 0 Å². The SMILES string of the molecule is CCCC1C(=O)NC(C(C)=O)(C(O)C(C)C)C1C. The van der Waals surface area contributed by atoms with Crippen LogP contribution in [-0.2, 0) is 9.59 Å². The van der Waals surface area contributed by atoms with Crippen molar-refractivity contribution in [3.8, 4) is 0 Å². The summed E-state index contributed by atoms with van der Waals surface area (Å²) in [5.41, 5.74) is -1.11. The highest BCUT2D eigenvalue weighted by atomic mass is 16.3. The molecule has 0 bridgehead atoms. The fourth-order valence-electron chi connectivity index (χ4n) is 3.13. The number of aliphatic hydroxyl groups excluding tert-OH is 1. The molecule has 1 rings (SSSR count). The lowest BCUT2D eigenvalue weighted by atomic mass is 9.71. The van der Waals surface area contributed by atoms with Crippen LogP contribution in [0.3, 0.4) is 0 Å². The van der Waals surface area contributed by atoms with Gasteiger partial charge in [0, 0.05) is 11.8 Å². The van der Waals surface area contributed by atoms with Crippen molar-refractivity contribution in [2.45, 2.75) is 59.1 Å². The summed E-state index contributed by atoms with van der Waals surface area (Å²) in [6.07, 6.45) is 0.817. The van der Waals surface area contributed by atoms with Gasteiger partial charge >= 0.3 is 0 Å². The Morgan fingerprint density at radius 3 is 2.44 bits per heavy atom. The third-order valence-electron chi connectivity index (χ3n) is 4.27. The highest BCUT2D eigenvalue weighted by Gasteiger charge is 2.57. The Balaban J connectivity index is 3.15. The average molecular weight is 255 g/mol. The fourth-order valence-corrected chi connectivity index (χ4v) is 3.13. The van der Waals surface area contributed by atoms with Gasteiger partial charge < -0.3 is 10.4 Å². The lowest BCUT2D eigenvalue weighted by Gasteiger charge is -2.38. The van der Waals surface area contributed by atoms with Gasteiger partial charge in [-0.3, -0.25) is 9.59 Å². The van der Waals surface area contributed by atoms with Crippen LogP contribution in [0.5, 0.6) is 0 Å². The van der Waals surface area contributed by atoms with Crippen LogP contribution in [0.4, 0.5) is 0 Å². The Labute approximate surface area is 109 Å². The molecule has 4 unspecified atom stereocenters. The molecule has 1 aliphatic heterocycles.